The van der Waals surface area contributed by atoms with Gasteiger partial charge in [0.2, 0.25) is 0 Å². The zero-order valence-electron chi connectivity index (χ0n) is 17.2. The molecule has 31 heavy (non-hydrogen) atoms. The van der Waals surface area contributed by atoms with Gasteiger partial charge in [0.1, 0.15) is 17.3 Å². The van der Waals surface area contributed by atoms with Crippen LogP contribution in [-0.2, 0) is 11.0 Å². The van der Waals surface area contributed by atoms with Gasteiger partial charge in [-0.15, -0.1) is 0 Å². The number of benzene rings is 1. The predicted molar refractivity (Wildman–Crippen MR) is 112 cm³/mol. The van der Waals surface area contributed by atoms with Crippen molar-refractivity contribution in [1.29, 1.82) is 0 Å². The number of alkyl halides is 3. The number of rotatable bonds is 5. The zero-order chi connectivity index (χ0) is 22.0. The Bertz CT molecular complexity index is 1030. The third-order valence-corrected chi connectivity index (χ3v) is 6.02. The van der Waals surface area contributed by atoms with E-state index in [0.29, 0.717) is 23.8 Å². The SMILES string of the molecule is CC(=O)C[C@H]1CC[C@H](c2ccc(-c3ccc(-c4ncc(C(F)(F)F)[nH]4)cn3)cc2)CC1. The number of H-pyrrole nitrogens is 1. The standard InChI is InChI=1S/C24H24F3N3O/c1-15(31)12-16-2-4-17(5-3-16)18-6-8-19(9-7-18)21-11-10-20(13-28-21)23-29-14-22(30-23)24(25,26)27/h6-11,13-14,16-17H,2-5,12H2,1H3,(H,29,30)/t16-,17-. The largest absolute Gasteiger partial charge is 0.432 e. The van der Waals surface area contributed by atoms with Crippen molar-refractivity contribution >= 4 is 5.78 Å². The van der Waals surface area contributed by atoms with Crippen molar-refractivity contribution in [3.05, 3.63) is 60.0 Å². The van der Waals surface area contributed by atoms with Crippen molar-refractivity contribution in [3.8, 4) is 22.6 Å². The van der Waals surface area contributed by atoms with Crippen LogP contribution >= 0.6 is 0 Å². The number of aromatic amines is 1. The molecule has 1 aliphatic carbocycles. The van der Waals surface area contributed by atoms with Crippen LogP contribution in [0.2, 0.25) is 0 Å². The van der Waals surface area contributed by atoms with Crippen molar-refractivity contribution in [2.75, 3.05) is 0 Å². The summed E-state index contributed by atoms with van der Waals surface area (Å²) in [4.78, 5) is 21.8. The molecule has 0 amide bonds. The second-order valence-electron chi connectivity index (χ2n) is 8.32. The van der Waals surface area contributed by atoms with E-state index in [1.54, 1.807) is 19.1 Å². The molecule has 1 aromatic carbocycles. The first-order valence-corrected chi connectivity index (χ1v) is 10.5. The van der Waals surface area contributed by atoms with Crippen molar-refractivity contribution in [1.82, 2.24) is 15.0 Å². The van der Waals surface area contributed by atoms with Gasteiger partial charge in [-0.2, -0.15) is 13.2 Å². The maximum Gasteiger partial charge on any atom is 0.432 e. The summed E-state index contributed by atoms with van der Waals surface area (Å²) in [5.41, 5.74) is 2.63. The highest BCUT2D eigenvalue weighted by Gasteiger charge is 2.33. The number of aromatic nitrogens is 3. The van der Waals surface area contributed by atoms with E-state index >= 15 is 0 Å². The van der Waals surface area contributed by atoms with E-state index in [-0.39, 0.29) is 11.6 Å². The van der Waals surface area contributed by atoms with Crippen LogP contribution < -0.4 is 0 Å². The van der Waals surface area contributed by atoms with Crippen LogP contribution in [0.1, 0.15) is 56.2 Å². The summed E-state index contributed by atoms with van der Waals surface area (Å²) in [7, 11) is 0. The quantitative estimate of drug-likeness (QED) is 0.512. The van der Waals surface area contributed by atoms with Crippen LogP contribution in [0.4, 0.5) is 13.2 Å². The number of hydrogen-bond donors (Lipinski definition) is 1. The van der Waals surface area contributed by atoms with E-state index in [1.165, 1.54) is 11.8 Å². The molecule has 1 N–H and O–H groups in total. The Balaban J connectivity index is 1.41. The van der Waals surface area contributed by atoms with Gasteiger partial charge in [-0.25, -0.2) is 4.98 Å². The van der Waals surface area contributed by atoms with Gasteiger partial charge < -0.3 is 9.78 Å². The van der Waals surface area contributed by atoms with Crippen LogP contribution in [0, 0.1) is 5.92 Å². The molecule has 0 bridgehead atoms. The summed E-state index contributed by atoms with van der Waals surface area (Å²) in [6.07, 6.45) is 2.96. The minimum Gasteiger partial charge on any atom is -0.334 e. The van der Waals surface area contributed by atoms with Crippen LogP contribution in [0.15, 0.2) is 48.8 Å². The number of imidazole rings is 1. The minimum absolute atomic E-state index is 0.141. The Morgan fingerprint density at radius 1 is 0.968 bits per heavy atom. The van der Waals surface area contributed by atoms with Crippen LogP contribution in [0.5, 0.6) is 0 Å². The Morgan fingerprint density at radius 2 is 1.65 bits per heavy atom. The average molecular weight is 427 g/mol. The molecule has 2 aromatic heterocycles. The lowest BCUT2D eigenvalue weighted by Crippen LogP contribution is -2.15. The van der Waals surface area contributed by atoms with Gasteiger partial charge in [-0.3, -0.25) is 4.98 Å². The Kier molecular flexibility index (Phi) is 5.94. The second kappa shape index (κ2) is 8.65. The van der Waals surface area contributed by atoms with E-state index in [2.05, 4.69) is 27.1 Å². The van der Waals surface area contributed by atoms with Gasteiger partial charge in [-0.1, -0.05) is 24.3 Å². The summed E-state index contributed by atoms with van der Waals surface area (Å²) >= 11 is 0. The Labute approximate surface area is 178 Å². The van der Waals surface area contributed by atoms with Crippen molar-refractivity contribution < 1.29 is 18.0 Å². The number of Topliss-reactive ketones (excluding diaryl/α,β-unsaturated/α-hetero) is 1. The van der Waals surface area contributed by atoms with Gasteiger partial charge in [0.05, 0.1) is 11.9 Å². The molecule has 1 fully saturated rings. The van der Waals surface area contributed by atoms with Gasteiger partial charge in [0.15, 0.2) is 0 Å². The van der Waals surface area contributed by atoms with E-state index in [1.807, 2.05) is 12.1 Å². The molecular weight excluding hydrogens is 403 g/mol. The van der Waals surface area contributed by atoms with E-state index in [4.69, 9.17) is 0 Å². The minimum atomic E-state index is -4.45. The molecule has 1 saturated carbocycles. The zero-order valence-corrected chi connectivity index (χ0v) is 17.2. The third kappa shape index (κ3) is 5.03. The molecule has 0 radical (unpaired) electrons. The maximum atomic E-state index is 12.7. The fraction of sp³-hybridized carbons (Fsp3) is 0.375. The molecule has 2 heterocycles. The van der Waals surface area contributed by atoms with Gasteiger partial charge >= 0.3 is 6.18 Å². The molecule has 0 aliphatic heterocycles. The van der Waals surface area contributed by atoms with Gasteiger partial charge in [0, 0.05) is 23.7 Å². The molecule has 3 aromatic rings. The average Bonchev–Trinajstić information content (AvgIpc) is 3.25. The Hall–Kier alpha value is -2.96. The first-order valence-electron chi connectivity index (χ1n) is 10.5. The lowest BCUT2D eigenvalue weighted by molar-refractivity contribution is -0.140. The molecule has 0 atom stereocenters. The Morgan fingerprint density at radius 3 is 2.19 bits per heavy atom. The van der Waals surface area contributed by atoms with Gasteiger partial charge in [-0.05, 0) is 62.1 Å². The third-order valence-electron chi connectivity index (χ3n) is 6.02. The summed E-state index contributed by atoms with van der Waals surface area (Å²) < 4.78 is 38.2. The number of hydrogen-bond acceptors (Lipinski definition) is 3. The monoisotopic (exact) mass is 427 g/mol. The molecule has 0 unspecified atom stereocenters. The van der Waals surface area contributed by atoms with Crippen molar-refractivity contribution in [2.24, 2.45) is 5.92 Å². The number of ketones is 1. The van der Waals surface area contributed by atoms with E-state index in [0.717, 1.165) is 43.1 Å². The lowest BCUT2D eigenvalue weighted by Gasteiger charge is -2.28. The number of carbonyl (C=O) groups is 1. The molecule has 0 spiro atoms. The summed E-state index contributed by atoms with van der Waals surface area (Å²) in [6.45, 7) is 1.67. The van der Waals surface area contributed by atoms with Gasteiger partial charge in [0.25, 0.3) is 0 Å². The van der Waals surface area contributed by atoms with Crippen molar-refractivity contribution in [2.45, 2.75) is 51.1 Å². The first kappa shape index (κ1) is 21.3. The highest BCUT2D eigenvalue weighted by Crippen LogP contribution is 2.37. The number of carbonyl (C=O) groups excluding carboxylic acids is 1. The fourth-order valence-electron chi connectivity index (χ4n) is 4.35. The highest BCUT2D eigenvalue weighted by atomic mass is 19.4. The first-order chi connectivity index (χ1) is 14.8. The number of nitrogens with zero attached hydrogens (tertiary/aromatic N) is 2. The molecule has 7 heteroatoms. The fourth-order valence-corrected chi connectivity index (χ4v) is 4.35. The molecular formula is C24H24F3N3O. The smallest absolute Gasteiger partial charge is 0.334 e. The second-order valence-corrected chi connectivity index (χ2v) is 8.32. The maximum absolute atomic E-state index is 12.7. The van der Waals surface area contributed by atoms with E-state index in [9.17, 15) is 18.0 Å². The summed E-state index contributed by atoms with van der Waals surface area (Å²) in [6, 6.07) is 11.8. The summed E-state index contributed by atoms with van der Waals surface area (Å²) in [5.74, 6) is 1.47. The number of pyridine rings is 1. The van der Waals surface area contributed by atoms with Crippen molar-refractivity contribution in [3.63, 3.8) is 0 Å². The van der Waals surface area contributed by atoms with Crippen LogP contribution in [0.25, 0.3) is 22.6 Å². The van der Waals surface area contributed by atoms with Crippen LogP contribution in [0.3, 0.4) is 0 Å². The molecule has 4 nitrogen and oxygen atoms in total. The predicted octanol–water partition coefficient (Wildman–Crippen LogP) is 6.41. The molecule has 1 aliphatic rings. The van der Waals surface area contributed by atoms with Crippen LogP contribution in [-0.4, -0.2) is 20.7 Å². The highest BCUT2D eigenvalue weighted by molar-refractivity contribution is 5.75. The summed E-state index contributed by atoms with van der Waals surface area (Å²) in [5, 5.41) is 0. The molecule has 162 valence electrons. The normalized spacial score (nSPS) is 19.4. The lowest BCUT2D eigenvalue weighted by atomic mass is 9.77. The van der Waals surface area contributed by atoms with E-state index < -0.39 is 11.9 Å². The molecule has 4 rings (SSSR count). The molecule has 0 saturated heterocycles. The topological polar surface area (TPSA) is 58.6 Å². The number of halogens is 3. The number of nitrogens with one attached hydrogen (secondary N) is 1.